The molecule has 2 nitrogen and oxygen atoms in total. The Morgan fingerprint density at radius 3 is 2.35 bits per heavy atom. The molecule has 1 aromatic rings. The number of nitrogens with two attached hydrogens (primary N) is 1. The highest BCUT2D eigenvalue weighted by Gasteiger charge is 2.38. The lowest BCUT2D eigenvalue weighted by Crippen LogP contribution is -2.51. The first-order valence-electron chi connectivity index (χ1n) is 6.74. The molecule has 0 amide bonds. The second kappa shape index (κ2) is 5.19. The van der Waals surface area contributed by atoms with Crippen LogP contribution in [0.15, 0.2) is 30.3 Å². The summed E-state index contributed by atoms with van der Waals surface area (Å²) >= 11 is 0. The number of nitrogens with zero attached hydrogens (tertiary/aromatic N) is 1. The number of benzene rings is 1. The maximum Gasteiger partial charge on any atom is 0.0479 e. The van der Waals surface area contributed by atoms with Crippen molar-refractivity contribution < 1.29 is 0 Å². The van der Waals surface area contributed by atoms with Crippen molar-refractivity contribution in [2.45, 2.75) is 44.7 Å². The molecule has 1 aliphatic rings. The minimum absolute atomic E-state index is 0.0951. The monoisotopic (exact) mass is 232 g/mol. The first-order valence-corrected chi connectivity index (χ1v) is 6.74. The Bertz CT molecular complexity index is 343. The number of rotatable bonds is 4. The molecular weight excluding hydrogens is 208 g/mol. The normalized spacial score (nSPS) is 22.3. The molecule has 17 heavy (non-hydrogen) atoms. The third-order valence-corrected chi connectivity index (χ3v) is 4.37. The Hall–Kier alpha value is -0.860. The van der Waals surface area contributed by atoms with Crippen molar-refractivity contribution in [2.75, 3.05) is 13.1 Å². The van der Waals surface area contributed by atoms with E-state index in [1.54, 1.807) is 0 Å². The van der Waals surface area contributed by atoms with Gasteiger partial charge in [0.15, 0.2) is 0 Å². The Labute approximate surface area is 105 Å². The van der Waals surface area contributed by atoms with Gasteiger partial charge in [0.2, 0.25) is 0 Å². The van der Waals surface area contributed by atoms with Gasteiger partial charge in [0.25, 0.3) is 0 Å². The molecular formula is C15H24N2. The second-order valence-electron chi connectivity index (χ2n) is 5.29. The summed E-state index contributed by atoms with van der Waals surface area (Å²) in [6.07, 6.45) is 3.73. The highest BCUT2D eigenvalue weighted by molar-refractivity contribution is 5.22. The van der Waals surface area contributed by atoms with Crippen molar-refractivity contribution in [3.05, 3.63) is 35.9 Å². The Kier molecular flexibility index (Phi) is 3.85. The number of likely N-dealkylation sites (tertiary alicyclic amines) is 1. The molecule has 94 valence electrons. The maximum absolute atomic E-state index is 6.52. The van der Waals surface area contributed by atoms with Crippen molar-refractivity contribution in [3.63, 3.8) is 0 Å². The van der Waals surface area contributed by atoms with E-state index in [4.69, 9.17) is 5.73 Å². The fourth-order valence-electron chi connectivity index (χ4n) is 2.89. The molecule has 0 aromatic heterocycles. The number of hydrogen-bond donors (Lipinski definition) is 1. The molecule has 1 saturated heterocycles. The summed E-state index contributed by atoms with van der Waals surface area (Å²) in [7, 11) is 0. The van der Waals surface area contributed by atoms with Crippen LogP contribution in [0, 0.1) is 0 Å². The van der Waals surface area contributed by atoms with Gasteiger partial charge in [-0.25, -0.2) is 0 Å². The van der Waals surface area contributed by atoms with Gasteiger partial charge in [0, 0.05) is 11.6 Å². The first-order chi connectivity index (χ1) is 8.18. The minimum Gasteiger partial charge on any atom is -0.322 e. The van der Waals surface area contributed by atoms with Gasteiger partial charge in [-0.2, -0.15) is 0 Å². The standard InChI is InChI=1S/C15H24N2/c1-3-15(2,17-11-7-8-12-17)14(16)13-9-5-4-6-10-13/h4-6,9-10,14H,3,7-8,11-12,16H2,1-2H3/t14-,15-/m1/s1. The zero-order chi connectivity index (χ0) is 12.3. The van der Waals surface area contributed by atoms with Crippen molar-refractivity contribution in [2.24, 2.45) is 5.73 Å². The van der Waals surface area contributed by atoms with Crippen LogP contribution >= 0.6 is 0 Å². The summed E-state index contributed by atoms with van der Waals surface area (Å²) in [4.78, 5) is 2.57. The predicted molar refractivity (Wildman–Crippen MR) is 72.9 cm³/mol. The topological polar surface area (TPSA) is 29.3 Å². The van der Waals surface area contributed by atoms with E-state index < -0.39 is 0 Å². The smallest absolute Gasteiger partial charge is 0.0479 e. The van der Waals surface area contributed by atoms with Crippen LogP contribution in [0.5, 0.6) is 0 Å². The van der Waals surface area contributed by atoms with Gasteiger partial charge >= 0.3 is 0 Å². The van der Waals surface area contributed by atoms with E-state index in [-0.39, 0.29) is 11.6 Å². The summed E-state index contributed by atoms with van der Waals surface area (Å²) in [6.45, 7) is 6.97. The molecule has 2 atom stereocenters. The van der Waals surface area contributed by atoms with Crippen molar-refractivity contribution in [3.8, 4) is 0 Å². The van der Waals surface area contributed by atoms with Gasteiger partial charge in [-0.3, -0.25) is 4.90 Å². The Morgan fingerprint density at radius 1 is 1.24 bits per heavy atom. The van der Waals surface area contributed by atoms with Crippen LogP contribution in [-0.4, -0.2) is 23.5 Å². The van der Waals surface area contributed by atoms with Crippen LogP contribution < -0.4 is 5.73 Å². The van der Waals surface area contributed by atoms with Gasteiger partial charge in [-0.05, 0) is 44.8 Å². The van der Waals surface area contributed by atoms with Crippen molar-refractivity contribution in [1.29, 1.82) is 0 Å². The summed E-state index contributed by atoms with van der Waals surface area (Å²) in [5.74, 6) is 0. The van der Waals surface area contributed by atoms with E-state index in [0.717, 1.165) is 6.42 Å². The molecule has 1 aromatic carbocycles. The zero-order valence-electron chi connectivity index (χ0n) is 11.0. The Morgan fingerprint density at radius 2 is 1.82 bits per heavy atom. The lowest BCUT2D eigenvalue weighted by atomic mass is 9.84. The predicted octanol–water partition coefficient (Wildman–Crippen LogP) is 2.95. The van der Waals surface area contributed by atoms with Crippen LogP contribution in [0.2, 0.25) is 0 Å². The fraction of sp³-hybridized carbons (Fsp3) is 0.600. The second-order valence-corrected chi connectivity index (χ2v) is 5.29. The molecule has 1 aliphatic heterocycles. The van der Waals surface area contributed by atoms with Gasteiger partial charge in [0.05, 0.1) is 0 Å². The molecule has 2 rings (SSSR count). The average molecular weight is 232 g/mol. The average Bonchev–Trinajstić information content (AvgIpc) is 2.92. The summed E-state index contributed by atoms with van der Waals surface area (Å²) in [5.41, 5.74) is 7.87. The van der Waals surface area contributed by atoms with E-state index in [0.29, 0.717) is 0 Å². The lowest BCUT2D eigenvalue weighted by molar-refractivity contribution is 0.100. The molecule has 1 heterocycles. The third-order valence-electron chi connectivity index (χ3n) is 4.37. The molecule has 0 bridgehead atoms. The summed E-state index contributed by atoms with van der Waals surface area (Å²) in [5, 5.41) is 0. The van der Waals surface area contributed by atoms with Gasteiger partial charge in [-0.15, -0.1) is 0 Å². The van der Waals surface area contributed by atoms with Crippen LogP contribution in [-0.2, 0) is 0 Å². The SMILES string of the molecule is CC[C@](C)([C@H](N)c1ccccc1)N1CCCC1. The van der Waals surface area contributed by atoms with E-state index in [9.17, 15) is 0 Å². The van der Waals surface area contributed by atoms with Crippen LogP contribution in [0.25, 0.3) is 0 Å². The molecule has 0 radical (unpaired) electrons. The van der Waals surface area contributed by atoms with E-state index in [1.807, 2.05) is 0 Å². The fourth-order valence-corrected chi connectivity index (χ4v) is 2.89. The number of hydrogen-bond acceptors (Lipinski definition) is 2. The molecule has 0 aliphatic carbocycles. The quantitative estimate of drug-likeness (QED) is 0.865. The molecule has 2 N–H and O–H groups in total. The van der Waals surface area contributed by atoms with E-state index >= 15 is 0 Å². The zero-order valence-corrected chi connectivity index (χ0v) is 11.0. The van der Waals surface area contributed by atoms with Gasteiger partial charge in [-0.1, -0.05) is 37.3 Å². The molecule has 0 saturated carbocycles. The molecule has 0 unspecified atom stereocenters. The van der Waals surface area contributed by atoms with Gasteiger partial charge in [0.1, 0.15) is 0 Å². The molecule has 1 fully saturated rings. The maximum atomic E-state index is 6.52. The summed E-state index contributed by atoms with van der Waals surface area (Å²) < 4.78 is 0. The van der Waals surface area contributed by atoms with E-state index in [2.05, 4.69) is 49.1 Å². The van der Waals surface area contributed by atoms with Gasteiger partial charge < -0.3 is 5.73 Å². The minimum atomic E-state index is 0.0951. The molecule has 0 spiro atoms. The Balaban J connectivity index is 2.22. The molecule has 2 heteroatoms. The largest absolute Gasteiger partial charge is 0.322 e. The summed E-state index contributed by atoms with van der Waals surface area (Å²) in [6, 6.07) is 10.6. The first kappa shape index (κ1) is 12.6. The highest BCUT2D eigenvalue weighted by Crippen LogP contribution is 2.34. The van der Waals surface area contributed by atoms with Crippen LogP contribution in [0.4, 0.5) is 0 Å². The van der Waals surface area contributed by atoms with E-state index in [1.165, 1.54) is 31.5 Å². The van der Waals surface area contributed by atoms with Crippen molar-refractivity contribution >= 4 is 0 Å². The highest BCUT2D eigenvalue weighted by atomic mass is 15.2. The van der Waals surface area contributed by atoms with Crippen molar-refractivity contribution in [1.82, 2.24) is 4.90 Å². The third kappa shape index (κ3) is 2.38. The van der Waals surface area contributed by atoms with Crippen LogP contribution in [0.3, 0.4) is 0 Å². The lowest BCUT2D eigenvalue weighted by Gasteiger charge is -2.43. The van der Waals surface area contributed by atoms with Crippen LogP contribution in [0.1, 0.15) is 44.7 Å².